The predicted molar refractivity (Wildman–Crippen MR) is 234 cm³/mol. The maximum absolute atomic E-state index is 14.1. The van der Waals surface area contributed by atoms with Crippen LogP contribution in [-0.4, -0.2) is 73.9 Å². The first-order chi connectivity index (χ1) is 28.0. The third kappa shape index (κ3) is 9.25. The van der Waals surface area contributed by atoms with Gasteiger partial charge < -0.3 is 23.5 Å². The lowest BCUT2D eigenvalue weighted by atomic mass is 9.98. The quantitative estimate of drug-likeness (QED) is 0.0973. The molecular weight excluding hydrogens is 741 g/mol. The van der Waals surface area contributed by atoms with Gasteiger partial charge in [0, 0.05) is 49.7 Å². The number of carbonyl (C=O) groups is 1. The minimum absolute atomic E-state index is 0.0167. The molecule has 0 bridgehead atoms. The molecule has 10 heteroatoms. The molecule has 1 saturated carbocycles. The van der Waals surface area contributed by atoms with Crippen molar-refractivity contribution in [1.82, 2.24) is 15.0 Å². The fraction of sp³-hybridized carbons (Fsp3) is 0.542. The van der Waals surface area contributed by atoms with Crippen LogP contribution in [0.3, 0.4) is 0 Å². The van der Waals surface area contributed by atoms with Crippen molar-refractivity contribution in [1.29, 1.82) is 0 Å². The van der Waals surface area contributed by atoms with Gasteiger partial charge in [-0.1, -0.05) is 102 Å². The second kappa shape index (κ2) is 18.5. The van der Waals surface area contributed by atoms with Crippen LogP contribution in [0.5, 0.6) is 5.75 Å². The highest BCUT2D eigenvalue weighted by molar-refractivity contribution is 6.99. The molecule has 310 valence electrons. The number of anilines is 1. The highest BCUT2D eigenvalue weighted by Crippen LogP contribution is 2.42. The summed E-state index contributed by atoms with van der Waals surface area (Å²) in [4.78, 5) is 30.9. The largest absolute Gasteiger partial charge is 0.490 e. The van der Waals surface area contributed by atoms with E-state index in [-0.39, 0.29) is 35.7 Å². The van der Waals surface area contributed by atoms with E-state index in [0.29, 0.717) is 30.3 Å². The number of nitrogens with zero attached hydrogens (tertiary/aromatic N) is 4. The number of ether oxygens (including phenoxy) is 3. The molecule has 2 aliphatic carbocycles. The van der Waals surface area contributed by atoms with Gasteiger partial charge in [0.05, 0.1) is 6.54 Å². The van der Waals surface area contributed by atoms with Crippen molar-refractivity contribution >= 4 is 30.3 Å². The molecule has 1 saturated heterocycles. The number of aromatic nitrogens is 3. The number of aryl methyl sites for hydroxylation is 1. The summed E-state index contributed by atoms with van der Waals surface area (Å²) in [5.74, 6) is 2.45. The van der Waals surface area contributed by atoms with Crippen molar-refractivity contribution in [2.24, 2.45) is 5.92 Å². The summed E-state index contributed by atoms with van der Waals surface area (Å²) in [6, 6.07) is 25.5. The van der Waals surface area contributed by atoms with Crippen LogP contribution in [0.2, 0.25) is 5.04 Å². The summed E-state index contributed by atoms with van der Waals surface area (Å²) < 4.78 is 26.4. The molecule has 0 spiro atoms. The van der Waals surface area contributed by atoms with Crippen LogP contribution in [0.15, 0.2) is 79.0 Å². The minimum Gasteiger partial charge on any atom is -0.490 e. The maximum atomic E-state index is 14.1. The van der Waals surface area contributed by atoms with Crippen molar-refractivity contribution in [3.63, 3.8) is 0 Å². The molecule has 2 aromatic heterocycles. The van der Waals surface area contributed by atoms with E-state index in [1.807, 2.05) is 24.1 Å². The molecule has 7 rings (SSSR count). The lowest BCUT2D eigenvalue weighted by molar-refractivity contribution is -0.234. The SMILES string of the molecule is CCC(CC)(COc1ccnc(-c2nc3c(c(N(C)CC(=O)C[C@@H]4CCC[C@@H]4O[Si](c4ccccc4)(c4ccccc4)C(C)(C)C)n2)CCC3)c1)OC1CCCCO1. The highest BCUT2D eigenvalue weighted by Gasteiger charge is 2.52. The first-order valence-electron chi connectivity index (χ1n) is 21.8. The zero-order valence-electron chi connectivity index (χ0n) is 35.7. The fourth-order valence-electron chi connectivity index (χ4n) is 9.43. The summed E-state index contributed by atoms with van der Waals surface area (Å²) in [6.45, 7) is 12.7. The molecule has 0 amide bonds. The van der Waals surface area contributed by atoms with Crippen molar-refractivity contribution < 1.29 is 23.4 Å². The molecule has 3 aliphatic rings. The summed E-state index contributed by atoms with van der Waals surface area (Å²) >= 11 is 0. The van der Waals surface area contributed by atoms with Crippen LogP contribution in [0.4, 0.5) is 5.82 Å². The molecule has 9 nitrogen and oxygen atoms in total. The monoisotopic (exact) mass is 804 g/mol. The number of benzene rings is 2. The van der Waals surface area contributed by atoms with Crippen LogP contribution < -0.4 is 20.0 Å². The average Bonchev–Trinajstić information content (AvgIpc) is 3.91. The Hall–Kier alpha value is -3.96. The Morgan fingerprint density at radius 1 is 0.879 bits per heavy atom. The molecule has 3 heterocycles. The van der Waals surface area contributed by atoms with E-state index in [1.165, 1.54) is 10.4 Å². The number of hydrogen-bond donors (Lipinski definition) is 0. The van der Waals surface area contributed by atoms with Gasteiger partial charge in [0.1, 0.15) is 29.5 Å². The Bertz CT molecular complexity index is 1920. The van der Waals surface area contributed by atoms with Gasteiger partial charge in [0.2, 0.25) is 0 Å². The standard InChI is InChI=1S/C48H64N4O5Si/c1-7-48(8-2,56-44-27-15-16-30-54-44)34-55-37-28-29-49-42(32-37)45-50-41-25-18-24-40(41)46(51-45)52(6)33-36(53)31-35-19-17-26-43(35)57-58(47(3,4)5,38-20-11-9-12-21-38)39-22-13-10-14-23-39/h9-14,20-23,28-29,32,35,43-44H,7-8,15-19,24-27,30-31,33-34H2,1-6H3/t35-,43-,44?/m0/s1. The number of carbonyl (C=O) groups excluding carboxylic acids is 1. The second-order valence-electron chi connectivity index (χ2n) is 17.7. The molecule has 0 N–H and O–H groups in total. The number of ketones is 1. The van der Waals surface area contributed by atoms with Crippen LogP contribution in [-0.2, 0) is 31.5 Å². The van der Waals surface area contributed by atoms with E-state index >= 15 is 0 Å². The Kier molecular flexibility index (Phi) is 13.5. The average molecular weight is 805 g/mol. The number of pyridine rings is 1. The molecular formula is C48H64N4O5Si. The molecule has 1 unspecified atom stereocenters. The number of likely N-dealkylation sites (N-methyl/N-ethyl adjacent to an activating group) is 1. The van der Waals surface area contributed by atoms with E-state index in [1.54, 1.807) is 6.20 Å². The number of Topliss-reactive ketones (excluding diaryl/α,β-unsaturated/α-hetero) is 1. The summed E-state index contributed by atoms with van der Waals surface area (Å²) in [7, 11) is -0.748. The van der Waals surface area contributed by atoms with E-state index in [9.17, 15) is 4.79 Å². The molecule has 58 heavy (non-hydrogen) atoms. The van der Waals surface area contributed by atoms with E-state index in [0.717, 1.165) is 94.3 Å². The van der Waals surface area contributed by atoms with Crippen LogP contribution in [0.25, 0.3) is 11.5 Å². The highest BCUT2D eigenvalue weighted by atomic mass is 28.4. The maximum Gasteiger partial charge on any atom is 0.261 e. The topological polar surface area (TPSA) is 95.9 Å². The Labute approximate surface area is 347 Å². The van der Waals surface area contributed by atoms with Gasteiger partial charge in [-0.25, -0.2) is 9.97 Å². The van der Waals surface area contributed by atoms with Gasteiger partial charge >= 0.3 is 0 Å². The molecule has 1 aliphatic heterocycles. The summed E-state index contributed by atoms with van der Waals surface area (Å²) in [5.41, 5.74) is 2.39. The van der Waals surface area contributed by atoms with E-state index < -0.39 is 13.9 Å². The van der Waals surface area contributed by atoms with Crippen LogP contribution in [0.1, 0.15) is 110 Å². The van der Waals surface area contributed by atoms with Crippen molar-refractivity contribution in [3.8, 4) is 17.3 Å². The first-order valence-corrected chi connectivity index (χ1v) is 23.7. The van der Waals surface area contributed by atoms with Crippen molar-refractivity contribution in [2.75, 3.05) is 31.7 Å². The molecule has 0 radical (unpaired) electrons. The van der Waals surface area contributed by atoms with Gasteiger partial charge in [0.25, 0.3) is 8.32 Å². The van der Waals surface area contributed by atoms with Gasteiger partial charge in [-0.2, -0.15) is 0 Å². The third-order valence-corrected chi connectivity index (χ3v) is 17.8. The minimum atomic E-state index is -2.74. The number of rotatable bonds is 17. The van der Waals surface area contributed by atoms with Crippen molar-refractivity contribution in [2.45, 2.75) is 135 Å². The third-order valence-electron chi connectivity index (χ3n) is 12.8. The van der Waals surface area contributed by atoms with Gasteiger partial charge in [-0.05, 0) is 91.6 Å². The number of hydrogen-bond acceptors (Lipinski definition) is 9. The van der Waals surface area contributed by atoms with Crippen molar-refractivity contribution in [3.05, 3.63) is 90.3 Å². The van der Waals surface area contributed by atoms with Gasteiger partial charge in [-0.15, -0.1) is 0 Å². The zero-order valence-corrected chi connectivity index (χ0v) is 36.7. The van der Waals surface area contributed by atoms with Gasteiger partial charge in [-0.3, -0.25) is 9.78 Å². The molecule has 3 atom stereocenters. The summed E-state index contributed by atoms with van der Waals surface area (Å²) in [5, 5.41) is 2.44. The predicted octanol–water partition coefficient (Wildman–Crippen LogP) is 8.65. The smallest absolute Gasteiger partial charge is 0.261 e. The Balaban J connectivity index is 1.06. The van der Waals surface area contributed by atoms with Crippen LogP contribution in [0, 0.1) is 5.92 Å². The molecule has 2 fully saturated rings. The lowest BCUT2D eigenvalue weighted by Gasteiger charge is -2.45. The molecule has 2 aromatic carbocycles. The zero-order chi connectivity index (χ0) is 40.8. The van der Waals surface area contributed by atoms with E-state index in [2.05, 4.69) is 100 Å². The normalized spacial score (nSPS) is 19.9. The Morgan fingerprint density at radius 2 is 1.60 bits per heavy atom. The lowest BCUT2D eigenvalue weighted by Crippen LogP contribution is -2.68. The first kappa shape index (κ1) is 42.2. The fourth-order valence-corrected chi connectivity index (χ4v) is 14.2. The van der Waals surface area contributed by atoms with Crippen LogP contribution >= 0.6 is 0 Å². The Morgan fingerprint density at radius 3 is 2.26 bits per heavy atom. The number of fused-ring (bicyclic) bond motifs is 1. The summed E-state index contributed by atoms with van der Waals surface area (Å²) in [6.07, 6.45) is 12.7. The van der Waals surface area contributed by atoms with E-state index in [4.69, 9.17) is 28.6 Å². The second-order valence-corrected chi connectivity index (χ2v) is 22.0. The van der Waals surface area contributed by atoms with Gasteiger partial charge in [0.15, 0.2) is 17.9 Å². The molecule has 4 aromatic rings.